The average Bonchev–Trinajstić information content (AvgIpc) is 3.00. The lowest BCUT2D eigenvalue weighted by atomic mass is 9.91. The maximum atomic E-state index is 13.6. The van der Waals surface area contributed by atoms with Crippen LogP contribution in [0, 0.1) is 10.1 Å². The fourth-order valence-electron chi connectivity index (χ4n) is 5.40. The first kappa shape index (κ1) is 32.2. The van der Waals surface area contributed by atoms with E-state index in [0.717, 1.165) is 23.8 Å². The molecule has 3 aromatic carbocycles. The number of nitrogens with one attached hydrogen (secondary N) is 1. The highest BCUT2D eigenvalue weighted by atomic mass is 19.4. The maximum Gasteiger partial charge on any atom is 0.416 e. The fourth-order valence-corrected chi connectivity index (χ4v) is 5.40. The molecule has 0 saturated carbocycles. The smallest absolute Gasteiger partial charge is 0.416 e. The second-order valence-electron chi connectivity index (χ2n) is 10.7. The number of nitro groups is 1. The predicted molar refractivity (Wildman–Crippen MR) is 151 cm³/mol. The molecule has 1 aromatic heterocycles. The standard InChI is InChI=1S/C31H23F6N3O6/c32-30(33,34)19-11-18(12-20(13-19)31(35,36)37)29(43)39-9-8-21(14-23(39)10-17-4-2-1-3-5-17)38-28(42)27-16-25(41)24-7-6-22(40(44)45)15-26(24)46-27/h1-7,11-13,15-16,21,23H,8-10,14H2,(H,38,42)/t21-,23+/m0/s1. The van der Waals surface area contributed by atoms with Gasteiger partial charge in [-0.05, 0) is 49.1 Å². The summed E-state index contributed by atoms with van der Waals surface area (Å²) in [6.45, 7) is -0.132. The second kappa shape index (κ2) is 12.3. The van der Waals surface area contributed by atoms with Crippen LogP contribution in [0.4, 0.5) is 32.0 Å². The van der Waals surface area contributed by atoms with Gasteiger partial charge in [-0.2, -0.15) is 26.3 Å². The van der Waals surface area contributed by atoms with Crippen molar-refractivity contribution in [2.75, 3.05) is 6.54 Å². The maximum absolute atomic E-state index is 13.6. The van der Waals surface area contributed by atoms with Crippen LogP contribution in [-0.2, 0) is 18.8 Å². The number of fused-ring (bicyclic) bond motifs is 1. The van der Waals surface area contributed by atoms with Gasteiger partial charge in [0.15, 0.2) is 11.2 Å². The van der Waals surface area contributed by atoms with Gasteiger partial charge in [0.25, 0.3) is 17.5 Å². The molecular weight excluding hydrogens is 624 g/mol. The van der Waals surface area contributed by atoms with E-state index in [2.05, 4.69) is 5.32 Å². The van der Waals surface area contributed by atoms with Crippen LogP contribution in [-0.4, -0.2) is 40.3 Å². The van der Waals surface area contributed by atoms with Crippen molar-refractivity contribution in [2.24, 2.45) is 0 Å². The number of piperidine rings is 1. The molecule has 1 fully saturated rings. The highest BCUT2D eigenvalue weighted by Crippen LogP contribution is 2.37. The number of carbonyl (C=O) groups is 2. The van der Waals surface area contributed by atoms with Crippen LogP contribution in [0.5, 0.6) is 0 Å². The van der Waals surface area contributed by atoms with Crippen molar-refractivity contribution in [3.63, 3.8) is 0 Å². The first-order valence-electron chi connectivity index (χ1n) is 13.8. The van der Waals surface area contributed by atoms with Gasteiger partial charge in [0, 0.05) is 36.3 Å². The summed E-state index contributed by atoms with van der Waals surface area (Å²) in [5, 5.41) is 13.8. The van der Waals surface area contributed by atoms with Gasteiger partial charge in [-0.3, -0.25) is 24.5 Å². The van der Waals surface area contributed by atoms with Crippen LogP contribution >= 0.6 is 0 Å². The van der Waals surface area contributed by atoms with E-state index in [0.29, 0.717) is 12.1 Å². The van der Waals surface area contributed by atoms with Crippen LogP contribution in [0.15, 0.2) is 82.0 Å². The number of hydrogen-bond donors (Lipinski definition) is 1. The van der Waals surface area contributed by atoms with Crippen molar-refractivity contribution >= 4 is 28.5 Å². The summed E-state index contributed by atoms with van der Waals surface area (Å²) < 4.78 is 86.5. The third kappa shape index (κ3) is 7.03. The van der Waals surface area contributed by atoms with E-state index in [9.17, 15) is 50.8 Å². The minimum absolute atomic E-state index is 0.0140. The SMILES string of the molecule is O=C(N[C@H]1CCN(C(=O)c2cc(C(F)(F)F)cc(C(F)(F)F)c2)[C@H](Cc2ccccc2)C1)c1cc(=O)c2ccc([N+](=O)[O-])cc2o1. The highest BCUT2D eigenvalue weighted by molar-refractivity contribution is 5.95. The number of likely N-dealkylation sites (tertiary alicyclic amines) is 1. The molecule has 1 aliphatic rings. The summed E-state index contributed by atoms with van der Waals surface area (Å²) in [4.78, 5) is 50.9. The molecule has 2 amide bonds. The Labute approximate surface area is 255 Å². The van der Waals surface area contributed by atoms with Gasteiger partial charge < -0.3 is 14.6 Å². The van der Waals surface area contributed by atoms with E-state index in [-0.39, 0.29) is 48.5 Å². The Kier molecular flexibility index (Phi) is 8.60. The topological polar surface area (TPSA) is 123 Å². The average molecular weight is 648 g/mol. The molecule has 0 bridgehead atoms. The third-order valence-electron chi connectivity index (χ3n) is 7.61. The minimum atomic E-state index is -5.14. The Morgan fingerprint density at radius 2 is 1.59 bits per heavy atom. The molecule has 1 aliphatic heterocycles. The molecule has 2 heterocycles. The number of amides is 2. The summed E-state index contributed by atoms with van der Waals surface area (Å²) >= 11 is 0. The van der Waals surface area contributed by atoms with Crippen LogP contribution < -0.4 is 10.7 Å². The molecule has 2 atom stereocenters. The molecular formula is C31H23F6N3O6. The number of benzene rings is 3. The Balaban J connectivity index is 1.42. The molecule has 0 radical (unpaired) electrons. The third-order valence-corrected chi connectivity index (χ3v) is 7.61. The van der Waals surface area contributed by atoms with Crippen LogP contribution in [0.3, 0.4) is 0 Å². The van der Waals surface area contributed by atoms with Crippen molar-refractivity contribution in [3.05, 3.63) is 121 Å². The van der Waals surface area contributed by atoms with Crippen molar-refractivity contribution in [1.29, 1.82) is 0 Å². The Bertz CT molecular complexity index is 1840. The molecule has 240 valence electrons. The Morgan fingerprint density at radius 3 is 2.20 bits per heavy atom. The Hall–Kier alpha value is -5.21. The summed E-state index contributed by atoms with van der Waals surface area (Å²) in [7, 11) is 0. The number of nitrogens with zero attached hydrogens (tertiary/aromatic N) is 2. The summed E-state index contributed by atoms with van der Waals surface area (Å²) in [5.41, 5.74) is -4.47. The predicted octanol–water partition coefficient (Wildman–Crippen LogP) is 6.38. The monoisotopic (exact) mass is 647 g/mol. The van der Waals surface area contributed by atoms with E-state index >= 15 is 0 Å². The van der Waals surface area contributed by atoms with Gasteiger partial charge in [0.2, 0.25) is 0 Å². The zero-order valence-electron chi connectivity index (χ0n) is 23.5. The largest absolute Gasteiger partial charge is 0.450 e. The highest BCUT2D eigenvalue weighted by Gasteiger charge is 2.39. The molecule has 15 heteroatoms. The van der Waals surface area contributed by atoms with Crippen LogP contribution in [0.2, 0.25) is 0 Å². The summed E-state index contributed by atoms with van der Waals surface area (Å²) in [6, 6.07) is 12.2. The molecule has 0 aliphatic carbocycles. The molecule has 5 rings (SSSR count). The second-order valence-corrected chi connectivity index (χ2v) is 10.7. The zero-order chi connectivity index (χ0) is 33.4. The number of halogens is 6. The van der Waals surface area contributed by atoms with E-state index in [1.807, 2.05) is 0 Å². The fraction of sp³-hybridized carbons (Fsp3) is 0.258. The van der Waals surface area contributed by atoms with E-state index in [1.165, 1.54) is 11.0 Å². The number of alkyl halides is 6. The molecule has 1 N–H and O–H groups in total. The van der Waals surface area contributed by atoms with Crippen LogP contribution in [0.1, 0.15) is 50.4 Å². The van der Waals surface area contributed by atoms with Gasteiger partial charge in [0.05, 0.1) is 27.5 Å². The van der Waals surface area contributed by atoms with Gasteiger partial charge in [0.1, 0.15) is 5.58 Å². The van der Waals surface area contributed by atoms with E-state index in [1.54, 1.807) is 30.3 Å². The first-order chi connectivity index (χ1) is 21.6. The van der Waals surface area contributed by atoms with Gasteiger partial charge in [-0.15, -0.1) is 0 Å². The normalized spacial score (nSPS) is 17.1. The molecule has 4 aromatic rings. The van der Waals surface area contributed by atoms with Crippen molar-refractivity contribution in [3.8, 4) is 0 Å². The van der Waals surface area contributed by atoms with Gasteiger partial charge >= 0.3 is 12.4 Å². The summed E-state index contributed by atoms with van der Waals surface area (Å²) in [6.07, 6.45) is -9.99. The lowest BCUT2D eigenvalue weighted by molar-refractivity contribution is -0.384. The zero-order valence-corrected chi connectivity index (χ0v) is 23.5. The number of carbonyl (C=O) groups excluding carboxylic acids is 2. The van der Waals surface area contributed by atoms with Crippen molar-refractivity contribution in [1.82, 2.24) is 10.2 Å². The number of non-ortho nitro benzene ring substituents is 1. The van der Waals surface area contributed by atoms with Gasteiger partial charge in [-0.1, -0.05) is 30.3 Å². The molecule has 1 saturated heterocycles. The van der Waals surface area contributed by atoms with Crippen LogP contribution in [0.25, 0.3) is 11.0 Å². The van der Waals surface area contributed by atoms with E-state index in [4.69, 9.17) is 4.42 Å². The lowest BCUT2D eigenvalue weighted by Crippen LogP contribution is -2.52. The Morgan fingerprint density at radius 1 is 0.935 bits per heavy atom. The molecule has 0 unspecified atom stereocenters. The molecule has 9 nitrogen and oxygen atoms in total. The lowest BCUT2D eigenvalue weighted by Gasteiger charge is -2.40. The quantitative estimate of drug-likeness (QED) is 0.147. The minimum Gasteiger partial charge on any atom is -0.450 e. The first-order valence-corrected chi connectivity index (χ1v) is 13.8. The van der Waals surface area contributed by atoms with Crippen molar-refractivity contribution < 1.29 is 45.3 Å². The van der Waals surface area contributed by atoms with Crippen molar-refractivity contribution in [2.45, 2.75) is 43.7 Å². The van der Waals surface area contributed by atoms with Gasteiger partial charge in [-0.25, -0.2) is 0 Å². The number of nitro benzene ring substituents is 1. The molecule has 46 heavy (non-hydrogen) atoms. The summed E-state index contributed by atoms with van der Waals surface area (Å²) in [5.74, 6) is -2.30. The van der Waals surface area contributed by atoms with E-state index < -0.39 is 69.1 Å². The number of hydrogen-bond acceptors (Lipinski definition) is 6. The molecule has 0 spiro atoms. The number of rotatable bonds is 6.